The number of fused-ring (bicyclic) bond motifs is 1. The molecule has 0 radical (unpaired) electrons. The fourth-order valence-corrected chi connectivity index (χ4v) is 3.45. The first-order valence-corrected chi connectivity index (χ1v) is 9.70. The minimum absolute atomic E-state index is 0.201. The van der Waals surface area contributed by atoms with E-state index in [9.17, 15) is 0 Å². The molecule has 4 aromatic heterocycles. The molecule has 1 aliphatic rings. The molecule has 5 rings (SSSR count). The number of H-pyrrole nitrogens is 1. The van der Waals surface area contributed by atoms with Gasteiger partial charge in [-0.3, -0.25) is 4.98 Å². The van der Waals surface area contributed by atoms with Gasteiger partial charge in [-0.15, -0.1) is 0 Å². The van der Waals surface area contributed by atoms with Gasteiger partial charge in [0, 0.05) is 37.7 Å². The Bertz CT molecular complexity index is 1250. The Labute approximate surface area is 173 Å². The van der Waals surface area contributed by atoms with Crippen molar-refractivity contribution in [3.63, 3.8) is 0 Å². The van der Waals surface area contributed by atoms with E-state index in [0.29, 0.717) is 24.9 Å². The molecule has 0 aliphatic carbocycles. The fourth-order valence-electron chi connectivity index (χ4n) is 3.45. The van der Waals surface area contributed by atoms with Crippen LogP contribution < -0.4 is 4.90 Å². The highest BCUT2D eigenvalue weighted by atomic mass is 16.5. The molecular weight excluding hydrogens is 380 g/mol. The number of rotatable bonds is 2. The molecular formula is C21H20N8O. The van der Waals surface area contributed by atoms with Crippen LogP contribution in [-0.2, 0) is 11.8 Å². The van der Waals surface area contributed by atoms with E-state index in [0.717, 1.165) is 34.8 Å². The molecule has 5 heterocycles. The Kier molecular flexibility index (Phi) is 4.61. The molecule has 1 aliphatic heterocycles. The van der Waals surface area contributed by atoms with Crippen LogP contribution in [0.4, 0.5) is 5.82 Å². The van der Waals surface area contributed by atoms with Crippen LogP contribution in [0, 0.1) is 11.8 Å². The van der Waals surface area contributed by atoms with Crippen LogP contribution in [0.25, 0.3) is 22.4 Å². The van der Waals surface area contributed by atoms with E-state index in [2.05, 4.69) is 48.6 Å². The van der Waals surface area contributed by atoms with Crippen molar-refractivity contribution in [1.29, 1.82) is 0 Å². The number of hydrogen-bond acceptors (Lipinski definition) is 7. The minimum Gasteiger partial charge on any atom is -0.377 e. The normalized spacial score (nSPS) is 16.5. The summed E-state index contributed by atoms with van der Waals surface area (Å²) >= 11 is 0. The lowest BCUT2D eigenvalue weighted by atomic mass is 10.2. The second-order valence-electron chi connectivity index (χ2n) is 7.14. The average Bonchev–Trinajstić information content (AvgIpc) is 3.40. The first kappa shape index (κ1) is 18.3. The van der Waals surface area contributed by atoms with Gasteiger partial charge in [-0.2, -0.15) is 0 Å². The van der Waals surface area contributed by atoms with Crippen LogP contribution >= 0.6 is 0 Å². The van der Waals surface area contributed by atoms with Crippen LogP contribution in [0.1, 0.15) is 18.6 Å². The van der Waals surface area contributed by atoms with Crippen LogP contribution in [0.2, 0.25) is 0 Å². The Morgan fingerprint density at radius 2 is 2.17 bits per heavy atom. The van der Waals surface area contributed by atoms with Crippen molar-refractivity contribution < 1.29 is 4.74 Å². The minimum atomic E-state index is 0.201. The van der Waals surface area contributed by atoms with Crippen LogP contribution in [0.3, 0.4) is 0 Å². The summed E-state index contributed by atoms with van der Waals surface area (Å²) in [6.07, 6.45) is 7.06. The molecule has 1 N–H and O–H groups in total. The molecule has 1 atom stereocenters. The monoisotopic (exact) mass is 400 g/mol. The van der Waals surface area contributed by atoms with Crippen molar-refractivity contribution in [2.75, 3.05) is 24.7 Å². The van der Waals surface area contributed by atoms with Crippen molar-refractivity contribution in [3.8, 4) is 23.1 Å². The summed E-state index contributed by atoms with van der Waals surface area (Å²) in [5.74, 6) is 7.85. The van der Waals surface area contributed by atoms with E-state index in [1.54, 1.807) is 18.7 Å². The van der Waals surface area contributed by atoms with E-state index in [-0.39, 0.29) is 6.04 Å². The molecule has 0 amide bonds. The van der Waals surface area contributed by atoms with E-state index >= 15 is 0 Å². The molecule has 9 heteroatoms. The molecule has 4 aromatic rings. The highest BCUT2D eigenvalue weighted by Crippen LogP contribution is 2.25. The summed E-state index contributed by atoms with van der Waals surface area (Å²) in [6.45, 7) is 4.18. The Balaban J connectivity index is 1.51. The summed E-state index contributed by atoms with van der Waals surface area (Å²) in [7, 11) is 1.92. The van der Waals surface area contributed by atoms with Crippen molar-refractivity contribution in [3.05, 3.63) is 48.7 Å². The maximum absolute atomic E-state index is 5.57. The second-order valence-corrected chi connectivity index (χ2v) is 7.14. The van der Waals surface area contributed by atoms with Crippen molar-refractivity contribution in [2.24, 2.45) is 7.05 Å². The van der Waals surface area contributed by atoms with Crippen molar-refractivity contribution >= 4 is 17.0 Å². The number of pyridine rings is 1. The lowest BCUT2D eigenvalue weighted by Crippen LogP contribution is -2.44. The Morgan fingerprint density at radius 1 is 1.23 bits per heavy atom. The summed E-state index contributed by atoms with van der Waals surface area (Å²) in [5, 5.41) is 0. The molecule has 9 nitrogen and oxygen atoms in total. The molecule has 1 saturated heterocycles. The van der Waals surface area contributed by atoms with Gasteiger partial charge in [-0.25, -0.2) is 19.9 Å². The number of ether oxygens (including phenoxy) is 1. The maximum Gasteiger partial charge on any atom is 0.209 e. The first-order valence-electron chi connectivity index (χ1n) is 9.70. The molecule has 0 saturated carbocycles. The molecule has 0 unspecified atom stereocenters. The van der Waals surface area contributed by atoms with Gasteiger partial charge in [0.25, 0.3) is 0 Å². The van der Waals surface area contributed by atoms with Gasteiger partial charge >= 0.3 is 0 Å². The third-order valence-electron chi connectivity index (χ3n) is 5.01. The van der Waals surface area contributed by atoms with Crippen molar-refractivity contribution in [2.45, 2.75) is 13.0 Å². The molecule has 0 aromatic carbocycles. The van der Waals surface area contributed by atoms with Crippen molar-refractivity contribution in [1.82, 2.24) is 34.5 Å². The summed E-state index contributed by atoms with van der Waals surface area (Å²) in [6, 6.07) is 4.03. The summed E-state index contributed by atoms with van der Waals surface area (Å²) in [4.78, 5) is 27.8. The van der Waals surface area contributed by atoms with E-state index < -0.39 is 0 Å². The fraction of sp³-hybridized carbons (Fsp3) is 0.286. The second kappa shape index (κ2) is 7.57. The maximum atomic E-state index is 5.57. The molecule has 1 fully saturated rings. The number of aromatic nitrogens is 7. The van der Waals surface area contributed by atoms with Gasteiger partial charge in [-0.05, 0) is 30.9 Å². The molecule has 150 valence electrons. The topological polar surface area (TPSA) is 97.6 Å². The van der Waals surface area contributed by atoms with Gasteiger partial charge in [0.15, 0.2) is 22.8 Å². The van der Waals surface area contributed by atoms with E-state index in [1.807, 2.05) is 29.9 Å². The number of nitrogens with zero attached hydrogens (tertiary/aromatic N) is 7. The standard InChI is InChI=1S/C21H20N8O/c1-14-12-30-9-8-29(14)21-19-20(28(2)13-24-19)26-18(27-21)6-5-17-23-11-16(25-17)15-4-3-7-22-10-15/h3-4,7,10-11,13-14H,8-9,12H2,1-2H3,(H,23,25)/t14-/m1/s1. The first-order chi connectivity index (χ1) is 14.7. The zero-order valence-electron chi connectivity index (χ0n) is 16.7. The number of imidazole rings is 2. The zero-order valence-corrected chi connectivity index (χ0v) is 16.7. The highest BCUT2D eigenvalue weighted by molar-refractivity contribution is 5.84. The lowest BCUT2D eigenvalue weighted by Gasteiger charge is -2.34. The van der Waals surface area contributed by atoms with Gasteiger partial charge in [0.05, 0.1) is 31.3 Å². The van der Waals surface area contributed by atoms with Gasteiger partial charge in [0.1, 0.15) is 0 Å². The number of morpholine rings is 1. The van der Waals surface area contributed by atoms with Gasteiger partial charge in [0.2, 0.25) is 5.82 Å². The number of nitrogens with one attached hydrogen (secondary N) is 1. The third kappa shape index (κ3) is 3.38. The van der Waals surface area contributed by atoms with Gasteiger partial charge < -0.3 is 19.2 Å². The van der Waals surface area contributed by atoms with Crippen LogP contribution in [0.15, 0.2) is 37.1 Å². The van der Waals surface area contributed by atoms with Crippen LogP contribution in [-0.4, -0.2) is 60.3 Å². The Morgan fingerprint density at radius 3 is 3.00 bits per heavy atom. The van der Waals surface area contributed by atoms with Gasteiger partial charge in [-0.1, -0.05) is 0 Å². The summed E-state index contributed by atoms with van der Waals surface area (Å²) < 4.78 is 7.45. The zero-order chi connectivity index (χ0) is 20.5. The largest absolute Gasteiger partial charge is 0.377 e. The molecule has 0 spiro atoms. The molecule has 30 heavy (non-hydrogen) atoms. The number of aromatic amines is 1. The predicted octanol–water partition coefficient (Wildman–Crippen LogP) is 1.77. The average molecular weight is 400 g/mol. The smallest absolute Gasteiger partial charge is 0.209 e. The third-order valence-corrected chi connectivity index (χ3v) is 5.01. The lowest BCUT2D eigenvalue weighted by molar-refractivity contribution is 0.0986. The number of hydrogen-bond donors (Lipinski definition) is 1. The summed E-state index contributed by atoms with van der Waals surface area (Å²) in [5.41, 5.74) is 3.24. The number of aryl methyl sites for hydroxylation is 1. The number of anilines is 1. The molecule has 0 bridgehead atoms. The predicted molar refractivity (Wildman–Crippen MR) is 112 cm³/mol. The van der Waals surface area contributed by atoms with E-state index in [1.165, 1.54) is 0 Å². The van der Waals surface area contributed by atoms with E-state index in [4.69, 9.17) is 9.72 Å². The highest BCUT2D eigenvalue weighted by Gasteiger charge is 2.24. The van der Waals surface area contributed by atoms with Crippen LogP contribution in [0.5, 0.6) is 0 Å². The SMILES string of the molecule is C[C@@H]1COCCN1c1nc(C#Cc2nc(-c3cccnc3)c[nH]2)nc2c1ncn2C. The Hall–Kier alpha value is -3.77. The quantitative estimate of drug-likeness (QED) is 0.512.